The lowest BCUT2D eigenvalue weighted by Crippen LogP contribution is -2.44. The lowest BCUT2D eigenvalue weighted by molar-refractivity contribution is 0.0952. The van der Waals surface area contributed by atoms with Crippen LogP contribution < -0.4 is 14.8 Å². The second kappa shape index (κ2) is 10.3. The molecule has 1 amide bonds. The van der Waals surface area contributed by atoms with E-state index < -0.39 is 0 Å². The van der Waals surface area contributed by atoms with Crippen LogP contribution in [0.5, 0.6) is 11.5 Å². The molecule has 1 aliphatic rings. The molecule has 1 fully saturated rings. The first kappa shape index (κ1) is 19.5. The topological polar surface area (TPSA) is 54.0 Å². The first-order valence-electron chi connectivity index (χ1n) is 9.05. The average Bonchev–Trinajstić information content (AvgIpc) is 2.65. The maximum Gasteiger partial charge on any atom is 0.251 e. The maximum atomic E-state index is 12.2. The molecule has 2 rings (SSSR count). The quantitative estimate of drug-likeness (QED) is 0.690. The molecular weight excluding hydrogens is 318 g/mol. The molecular formula is C19H31N3O3. The van der Waals surface area contributed by atoms with Gasteiger partial charge in [-0.2, -0.15) is 0 Å². The van der Waals surface area contributed by atoms with Crippen molar-refractivity contribution in [2.45, 2.75) is 19.3 Å². The molecule has 0 aromatic heterocycles. The Balaban J connectivity index is 1.62. The van der Waals surface area contributed by atoms with E-state index in [1.807, 2.05) is 0 Å². The SMILES string of the molecule is COc1ccc(C(=O)NCCCCCN2CCN(C)CC2)cc1OC. The predicted molar refractivity (Wildman–Crippen MR) is 99.7 cm³/mol. The molecule has 1 aliphatic heterocycles. The Morgan fingerprint density at radius 3 is 2.44 bits per heavy atom. The highest BCUT2D eigenvalue weighted by molar-refractivity contribution is 5.94. The minimum absolute atomic E-state index is 0.0694. The lowest BCUT2D eigenvalue weighted by atomic mass is 10.1. The van der Waals surface area contributed by atoms with E-state index in [0.29, 0.717) is 23.6 Å². The second-order valence-corrected chi connectivity index (χ2v) is 6.53. The van der Waals surface area contributed by atoms with Gasteiger partial charge < -0.3 is 24.6 Å². The Hall–Kier alpha value is -1.79. The van der Waals surface area contributed by atoms with Crippen LogP contribution >= 0.6 is 0 Å². The Bertz CT molecular complexity index is 543. The summed E-state index contributed by atoms with van der Waals surface area (Å²) in [6.07, 6.45) is 3.33. The number of unbranched alkanes of at least 4 members (excludes halogenated alkanes) is 2. The third-order valence-electron chi connectivity index (χ3n) is 4.68. The fraction of sp³-hybridized carbons (Fsp3) is 0.632. The van der Waals surface area contributed by atoms with Crippen LogP contribution in [0.2, 0.25) is 0 Å². The van der Waals surface area contributed by atoms with Gasteiger partial charge in [0.1, 0.15) is 0 Å². The number of hydrogen-bond acceptors (Lipinski definition) is 5. The standard InChI is InChI=1S/C19H31N3O3/c1-21-11-13-22(14-12-21)10-6-4-5-9-20-19(23)16-7-8-17(24-2)18(15-16)25-3/h7-8,15H,4-6,9-14H2,1-3H3,(H,20,23). The summed E-state index contributed by atoms with van der Waals surface area (Å²) in [6, 6.07) is 5.22. The molecule has 6 nitrogen and oxygen atoms in total. The Morgan fingerprint density at radius 1 is 1.04 bits per heavy atom. The van der Waals surface area contributed by atoms with Gasteiger partial charge in [-0.1, -0.05) is 6.42 Å². The summed E-state index contributed by atoms with van der Waals surface area (Å²) in [4.78, 5) is 17.1. The monoisotopic (exact) mass is 349 g/mol. The van der Waals surface area contributed by atoms with Crippen molar-refractivity contribution in [3.8, 4) is 11.5 Å². The molecule has 1 aromatic carbocycles. The van der Waals surface area contributed by atoms with Crippen LogP contribution in [-0.2, 0) is 0 Å². The van der Waals surface area contributed by atoms with E-state index in [1.165, 1.54) is 32.6 Å². The van der Waals surface area contributed by atoms with Crippen molar-refractivity contribution in [3.63, 3.8) is 0 Å². The van der Waals surface area contributed by atoms with E-state index in [-0.39, 0.29) is 5.91 Å². The molecule has 0 bridgehead atoms. The van der Waals surface area contributed by atoms with Crippen LogP contribution in [0.25, 0.3) is 0 Å². The van der Waals surface area contributed by atoms with E-state index in [2.05, 4.69) is 22.2 Å². The number of carbonyl (C=O) groups is 1. The molecule has 0 aliphatic carbocycles. The zero-order valence-electron chi connectivity index (χ0n) is 15.7. The van der Waals surface area contributed by atoms with Crippen LogP contribution in [0.1, 0.15) is 29.6 Å². The van der Waals surface area contributed by atoms with E-state index in [9.17, 15) is 4.79 Å². The zero-order chi connectivity index (χ0) is 18.1. The van der Waals surface area contributed by atoms with Crippen molar-refractivity contribution < 1.29 is 14.3 Å². The van der Waals surface area contributed by atoms with Gasteiger partial charge in [0, 0.05) is 38.3 Å². The molecule has 0 radical (unpaired) electrons. The Kier molecular flexibility index (Phi) is 8.01. The third-order valence-corrected chi connectivity index (χ3v) is 4.68. The highest BCUT2D eigenvalue weighted by Gasteiger charge is 2.13. The molecule has 1 N–H and O–H groups in total. The van der Waals surface area contributed by atoms with Gasteiger partial charge in [0.2, 0.25) is 0 Å². The number of ether oxygens (including phenoxy) is 2. The van der Waals surface area contributed by atoms with Crippen LogP contribution in [0.15, 0.2) is 18.2 Å². The summed E-state index contributed by atoms with van der Waals surface area (Å²) in [7, 11) is 5.33. The smallest absolute Gasteiger partial charge is 0.251 e. The van der Waals surface area contributed by atoms with Gasteiger partial charge in [-0.3, -0.25) is 4.79 Å². The van der Waals surface area contributed by atoms with Gasteiger partial charge in [-0.05, 0) is 44.6 Å². The predicted octanol–water partition coefficient (Wildman–Crippen LogP) is 1.85. The Labute approximate surface area is 151 Å². The van der Waals surface area contributed by atoms with Crippen LogP contribution in [-0.4, -0.2) is 76.2 Å². The van der Waals surface area contributed by atoms with Gasteiger partial charge >= 0.3 is 0 Å². The summed E-state index contributed by atoms with van der Waals surface area (Å²) < 4.78 is 10.4. The minimum atomic E-state index is -0.0694. The summed E-state index contributed by atoms with van der Waals surface area (Å²) in [5.41, 5.74) is 0.593. The van der Waals surface area contributed by atoms with E-state index in [0.717, 1.165) is 19.4 Å². The van der Waals surface area contributed by atoms with Crippen LogP contribution in [0.3, 0.4) is 0 Å². The van der Waals surface area contributed by atoms with E-state index >= 15 is 0 Å². The van der Waals surface area contributed by atoms with Crippen molar-refractivity contribution >= 4 is 5.91 Å². The van der Waals surface area contributed by atoms with Gasteiger partial charge in [-0.25, -0.2) is 0 Å². The molecule has 1 heterocycles. The molecule has 6 heteroatoms. The van der Waals surface area contributed by atoms with Gasteiger partial charge in [-0.15, -0.1) is 0 Å². The maximum absolute atomic E-state index is 12.2. The number of nitrogens with one attached hydrogen (secondary N) is 1. The molecule has 25 heavy (non-hydrogen) atoms. The first-order chi connectivity index (χ1) is 12.1. The molecule has 0 saturated carbocycles. The number of piperazine rings is 1. The number of likely N-dealkylation sites (N-methyl/N-ethyl adjacent to an activating group) is 1. The molecule has 0 spiro atoms. The van der Waals surface area contributed by atoms with Gasteiger partial charge in [0.05, 0.1) is 14.2 Å². The molecule has 0 atom stereocenters. The van der Waals surface area contributed by atoms with E-state index in [4.69, 9.17) is 9.47 Å². The number of benzene rings is 1. The number of methoxy groups -OCH3 is 2. The number of rotatable bonds is 9. The molecule has 1 saturated heterocycles. The third kappa shape index (κ3) is 6.21. The Morgan fingerprint density at radius 2 is 1.76 bits per heavy atom. The molecule has 1 aromatic rings. The number of nitrogens with zero attached hydrogens (tertiary/aromatic N) is 2. The highest BCUT2D eigenvalue weighted by Crippen LogP contribution is 2.27. The summed E-state index contributed by atoms with van der Waals surface area (Å²) >= 11 is 0. The van der Waals surface area contributed by atoms with Crippen molar-refractivity contribution in [3.05, 3.63) is 23.8 Å². The number of carbonyl (C=O) groups excluding carboxylic acids is 1. The van der Waals surface area contributed by atoms with Gasteiger partial charge in [0.15, 0.2) is 11.5 Å². The van der Waals surface area contributed by atoms with Crippen LogP contribution in [0, 0.1) is 0 Å². The van der Waals surface area contributed by atoms with Crippen molar-refractivity contribution in [1.29, 1.82) is 0 Å². The van der Waals surface area contributed by atoms with Crippen LogP contribution in [0.4, 0.5) is 0 Å². The largest absolute Gasteiger partial charge is 0.493 e. The highest BCUT2D eigenvalue weighted by atomic mass is 16.5. The van der Waals surface area contributed by atoms with E-state index in [1.54, 1.807) is 32.4 Å². The molecule has 140 valence electrons. The number of hydrogen-bond donors (Lipinski definition) is 1. The summed E-state index contributed by atoms with van der Waals surface area (Å²) in [5.74, 6) is 1.13. The van der Waals surface area contributed by atoms with Crippen molar-refractivity contribution in [2.75, 3.05) is 60.5 Å². The normalized spacial score (nSPS) is 15.8. The zero-order valence-corrected chi connectivity index (χ0v) is 15.7. The fourth-order valence-corrected chi connectivity index (χ4v) is 2.99. The number of amides is 1. The molecule has 0 unspecified atom stereocenters. The average molecular weight is 349 g/mol. The first-order valence-corrected chi connectivity index (χ1v) is 9.05. The van der Waals surface area contributed by atoms with Gasteiger partial charge in [0.25, 0.3) is 5.91 Å². The van der Waals surface area contributed by atoms with Crippen molar-refractivity contribution in [2.24, 2.45) is 0 Å². The summed E-state index contributed by atoms with van der Waals surface area (Å²) in [6.45, 7) is 6.55. The lowest BCUT2D eigenvalue weighted by Gasteiger charge is -2.32. The summed E-state index contributed by atoms with van der Waals surface area (Å²) in [5, 5.41) is 2.98. The fourth-order valence-electron chi connectivity index (χ4n) is 2.99. The second-order valence-electron chi connectivity index (χ2n) is 6.53. The minimum Gasteiger partial charge on any atom is -0.493 e. The van der Waals surface area contributed by atoms with Crippen molar-refractivity contribution in [1.82, 2.24) is 15.1 Å².